The van der Waals surface area contributed by atoms with E-state index in [0.717, 1.165) is 24.2 Å². The summed E-state index contributed by atoms with van der Waals surface area (Å²) in [7, 11) is 1.60. The Hall–Kier alpha value is -2.27. The Labute approximate surface area is 135 Å². The second-order valence-corrected chi connectivity index (χ2v) is 6.01. The molecular weight excluding hydrogens is 292 g/mol. The van der Waals surface area contributed by atoms with Crippen molar-refractivity contribution < 1.29 is 14.6 Å². The molecule has 23 heavy (non-hydrogen) atoms. The molecule has 122 valence electrons. The number of rotatable bonds is 6. The van der Waals surface area contributed by atoms with E-state index in [4.69, 9.17) is 4.74 Å². The Balaban J connectivity index is 1.66. The van der Waals surface area contributed by atoms with Crippen LogP contribution in [0.4, 0.5) is 0 Å². The van der Waals surface area contributed by atoms with E-state index in [0.29, 0.717) is 11.7 Å². The third-order valence-electron chi connectivity index (χ3n) is 4.24. The maximum Gasteiger partial charge on any atom is 0.268 e. The van der Waals surface area contributed by atoms with Gasteiger partial charge in [-0.1, -0.05) is 12.1 Å². The van der Waals surface area contributed by atoms with E-state index in [1.165, 1.54) is 0 Å². The van der Waals surface area contributed by atoms with Gasteiger partial charge in [0.25, 0.3) is 5.91 Å². The fourth-order valence-corrected chi connectivity index (χ4v) is 2.71. The zero-order chi connectivity index (χ0) is 16.4. The molecule has 0 bridgehead atoms. The Bertz CT molecular complexity index is 674. The Kier molecular flexibility index (Phi) is 4.39. The van der Waals surface area contributed by atoms with Crippen LogP contribution in [0.5, 0.6) is 5.75 Å². The summed E-state index contributed by atoms with van der Waals surface area (Å²) in [6.07, 6.45) is 3.42. The molecule has 1 aliphatic carbocycles. The molecule has 0 spiro atoms. The first-order chi connectivity index (χ1) is 11.1. The third-order valence-corrected chi connectivity index (χ3v) is 4.24. The second kappa shape index (κ2) is 6.46. The van der Waals surface area contributed by atoms with Crippen LogP contribution in [0.3, 0.4) is 0 Å². The van der Waals surface area contributed by atoms with Crippen LogP contribution in [-0.4, -0.2) is 28.7 Å². The quantitative estimate of drug-likeness (QED) is 0.861. The predicted molar refractivity (Wildman–Crippen MR) is 87.6 cm³/mol. The van der Waals surface area contributed by atoms with Crippen molar-refractivity contribution in [2.45, 2.75) is 38.0 Å². The summed E-state index contributed by atoms with van der Waals surface area (Å²) >= 11 is 0. The van der Waals surface area contributed by atoms with E-state index >= 15 is 0 Å². The fraction of sp³-hybridized carbons (Fsp3) is 0.389. The molecule has 0 aliphatic heterocycles. The van der Waals surface area contributed by atoms with Gasteiger partial charge in [0, 0.05) is 12.2 Å². The number of aliphatic hydroxyl groups is 1. The first-order valence-corrected chi connectivity index (χ1v) is 7.90. The first-order valence-electron chi connectivity index (χ1n) is 7.90. The molecule has 2 N–H and O–H groups in total. The number of methoxy groups -OCH3 is 1. The molecule has 1 aromatic carbocycles. The van der Waals surface area contributed by atoms with Crippen molar-refractivity contribution in [3.05, 3.63) is 53.9 Å². The number of aliphatic hydroxyl groups excluding tert-OH is 1. The molecule has 1 aliphatic rings. The first kappa shape index (κ1) is 15.6. The van der Waals surface area contributed by atoms with Crippen molar-refractivity contribution in [2.24, 2.45) is 0 Å². The van der Waals surface area contributed by atoms with Crippen LogP contribution in [0, 0.1) is 0 Å². The number of hydrogen-bond donors (Lipinski definition) is 2. The minimum absolute atomic E-state index is 0.151. The van der Waals surface area contributed by atoms with Gasteiger partial charge in [-0.2, -0.15) is 0 Å². The summed E-state index contributed by atoms with van der Waals surface area (Å²) in [5, 5.41) is 13.3. The highest BCUT2D eigenvalue weighted by molar-refractivity contribution is 5.93. The molecule has 1 aromatic heterocycles. The van der Waals surface area contributed by atoms with Crippen molar-refractivity contribution in [2.75, 3.05) is 7.11 Å². The minimum atomic E-state index is -0.769. The highest BCUT2D eigenvalue weighted by Crippen LogP contribution is 2.36. The normalized spacial score (nSPS) is 16.7. The predicted octanol–water partition coefficient (Wildman–Crippen LogP) is 2.68. The average Bonchev–Trinajstić information content (AvgIpc) is 3.30. The summed E-state index contributed by atoms with van der Waals surface area (Å²) in [6, 6.07) is 11.0. The Morgan fingerprint density at radius 2 is 2.00 bits per heavy atom. The largest absolute Gasteiger partial charge is 0.497 e. The molecule has 1 amide bonds. The van der Waals surface area contributed by atoms with Gasteiger partial charge in [-0.05, 0) is 49.6 Å². The summed E-state index contributed by atoms with van der Waals surface area (Å²) in [6.45, 7) is 1.80. The molecule has 1 fully saturated rings. The molecule has 1 saturated carbocycles. The van der Waals surface area contributed by atoms with E-state index in [-0.39, 0.29) is 5.91 Å². The highest BCUT2D eigenvalue weighted by atomic mass is 16.5. The van der Waals surface area contributed by atoms with Gasteiger partial charge in [0.05, 0.1) is 19.3 Å². The van der Waals surface area contributed by atoms with Gasteiger partial charge in [-0.15, -0.1) is 0 Å². The number of carbonyl (C=O) groups excluding carboxylic acids is 1. The number of nitrogens with zero attached hydrogens (tertiary/aromatic N) is 1. The molecule has 5 heteroatoms. The lowest BCUT2D eigenvalue weighted by Crippen LogP contribution is -2.37. The van der Waals surface area contributed by atoms with Gasteiger partial charge in [0.1, 0.15) is 11.4 Å². The second-order valence-electron chi connectivity index (χ2n) is 6.01. The van der Waals surface area contributed by atoms with E-state index in [1.54, 1.807) is 38.3 Å². The molecule has 2 aromatic rings. The van der Waals surface area contributed by atoms with Crippen LogP contribution in [-0.2, 0) is 0 Å². The minimum Gasteiger partial charge on any atom is -0.497 e. The van der Waals surface area contributed by atoms with E-state index in [2.05, 4.69) is 5.32 Å². The summed E-state index contributed by atoms with van der Waals surface area (Å²) in [5.41, 5.74) is 1.40. The number of amides is 1. The molecule has 0 saturated heterocycles. The lowest BCUT2D eigenvalue weighted by atomic mass is 10.0. The lowest BCUT2D eigenvalue weighted by molar-refractivity contribution is 0.0843. The maximum absolute atomic E-state index is 12.4. The van der Waals surface area contributed by atoms with Gasteiger partial charge >= 0.3 is 0 Å². The van der Waals surface area contributed by atoms with Crippen LogP contribution in [0.1, 0.15) is 48.0 Å². The fourth-order valence-electron chi connectivity index (χ4n) is 2.71. The summed E-state index contributed by atoms with van der Waals surface area (Å²) in [4.78, 5) is 12.4. The number of ether oxygens (including phenoxy) is 1. The van der Waals surface area contributed by atoms with Crippen molar-refractivity contribution >= 4 is 5.91 Å². The van der Waals surface area contributed by atoms with Crippen LogP contribution >= 0.6 is 0 Å². The zero-order valence-corrected chi connectivity index (χ0v) is 13.4. The SMILES string of the molecule is COc1ccc(C(O)C(C)NC(=O)c2cccn2C2CC2)cc1. The maximum atomic E-state index is 12.4. The van der Waals surface area contributed by atoms with Gasteiger partial charge in [0.2, 0.25) is 0 Å². The van der Waals surface area contributed by atoms with Crippen LogP contribution in [0.15, 0.2) is 42.6 Å². The third kappa shape index (κ3) is 3.40. The molecular formula is C18H22N2O3. The lowest BCUT2D eigenvalue weighted by Gasteiger charge is -2.21. The van der Waals surface area contributed by atoms with Gasteiger partial charge in [0.15, 0.2) is 0 Å². The van der Waals surface area contributed by atoms with Crippen molar-refractivity contribution in [1.82, 2.24) is 9.88 Å². The van der Waals surface area contributed by atoms with Gasteiger partial charge in [-0.25, -0.2) is 0 Å². The molecule has 1 heterocycles. The van der Waals surface area contributed by atoms with Gasteiger partial charge in [-0.3, -0.25) is 4.79 Å². The summed E-state index contributed by atoms with van der Waals surface area (Å²) < 4.78 is 7.13. The molecule has 2 atom stereocenters. The van der Waals surface area contributed by atoms with Crippen LogP contribution in [0.2, 0.25) is 0 Å². The summed E-state index contributed by atoms with van der Waals surface area (Å²) in [5.74, 6) is 0.585. The molecule has 2 unspecified atom stereocenters. The number of carbonyl (C=O) groups is 1. The smallest absolute Gasteiger partial charge is 0.268 e. The Morgan fingerprint density at radius 3 is 2.61 bits per heavy atom. The van der Waals surface area contributed by atoms with Crippen molar-refractivity contribution in [3.8, 4) is 5.75 Å². The topological polar surface area (TPSA) is 63.5 Å². The highest BCUT2D eigenvalue weighted by Gasteiger charge is 2.27. The van der Waals surface area contributed by atoms with Crippen LogP contribution in [0.25, 0.3) is 0 Å². The van der Waals surface area contributed by atoms with Gasteiger partial charge < -0.3 is 19.7 Å². The average molecular weight is 314 g/mol. The molecule has 5 nitrogen and oxygen atoms in total. The molecule has 0 radical (unpaired) electrons. The van der Waals surface area contributed by atoms with Crippen LogP contribution < -0.4 is 10.1 Å². The standard InChI is InChI=1S/C18H22N2O3/c1-12(17(21)13-5-9-15(23-2)10-6-13)19-18(22)16-4-3-11-20(16)14-7-8-14/h3-6,9-12,14,17,21H,7-8H2,1-2H3,(H,19,22). The van der Waals surface area contributed by atoms with E-state index in [9.17, 15) is 9.90 Å². The number of aromatic nitrogens is 1. The monoisotopic (exact) mass is 314 g/mol. The van der Waals surface area contributed by atoms with Crippen molar-refractivity contribution in [3.63, 3.8) is 0 Å². The molecule has 3 rings (SSSR count). The number of hydrogen-bond acceptors (Lipinski definition) is 3. The van der Waals surface area contributed by atoms with Crippen molar-refractivity contribution in [1.29, 1.82) is 0 Å². The zero-order valence-electron chi connectivity index (χ0n) is 13.4. The van der Waals surface area contributed by atoms with E-state index < -0.39 is 12.1 Å². The van der Waals surface area contributed by atoms with E-state index in [1.807, 2.05) is 22.9 Å². The Morgan fingerprint density at radius 1 is 1.30 bits per heavy atom. The number of nitrogens with one attached hydrogen (secondary N) is 1. The number of benzene rings is 1.